The molecule has 1 aliphatic rings. The van der Waals surface area contributed by atoms with Crippen molar-refractivity contribution < 1.29 is 14.3 Å². The van der Waals surface area contributed by atoms with Gasteiger partial charge >= 0.3 is 0 Å². The first-order valence-electron chi connectivity index (χ1n) is 6.54. The second-order valence-electron chi connectivity index (χ2n) is 4.77. The maximum Gasteiger partial charge on any atom is 0.234 e. The molecule has 0 aliphatic carbocycles. The fourth-order valence-corrected chi connectivity index (χ4v) is 1.96. The predicted molar refractivity (Wildman–Crippen MR) is 72.4 cm³/mol. The highest BCUT2D eigenvalue weighted by molar-refractivity contribution is 5.78. The molecule has 19 heavy (non-hydrogen) atoms. The van der Waals surface area contributed by atoms with Gasteiger partial charge in [-0.3, -0.25) is 4.79 Å². The molecule has 0 atom stereocenters. The fraction of sp³-hybridized carbons (Fsp3) is 0.500. The Bertz CT molecular complexity index is 446. The van der Waals surface area contributed by atoms with Crippen LogP contribution in [0.15, 0.2) is 18.2 Å². The molecule has 0 unspecified atom stereocenters. The van der Waals surface area contributed by atoms with Gasteiger partial charge in [0.25, 0.3) is 0 Å². The van der Waals surface area contributed by atoms with Crippen molar-refractivity contribution in [2.75, 3.05) is 19.8 Å². The molecule has 1 aromatic carbocycles. The van der Waals surface area contributed by atoms with Gasteiger partial charge in [-0.2, -0.15) is 0 Å². The van der Waals surface area contributed by atoms with E-state index in [0.717, 1.165) is 17.1 Å². The number of amides is 1. The van der Waals surface area contributed by atoms with E-state index in [9.17, 15) is 4.79 Å². The molecule has 0 aromatic heterocycles. The summed E-state index contributed by atoms with van der Waals surface area (Å²) >= 11 is 0. The maximum absolute atomic E-state index is 11.5. The monoisotopic (exact) mass is 264 g/mol. The van der Waals surface area contributed by atoms with Crippen LogP contribution in [0.4, 0.5) is 0 Å². The lowest BCUT2D eigenvalue weighted by atomic mass is 10.1. The number of hydrogen-bond donors (Lipinski definition) is 2. The Labute approximate surface area is 113 Å². The van der Waals surface area contributed by atoms with E-state index in [-0.39, 0.29) is 11.9 Å². The van der Waals surface area contributed by atoms with Crippen LogP contribution >= 0.6 is 0 Å². The largest absolute Gasteiger partial charge is 0.486 e. The molecule has 1 amide bonds. The van der Waals surface area contributed by atoms with Crippen LogP contribution in [-0.4, -0.2) is 31.7 Å². The summed E-state index contributed by atoms with van der Waals surface area (Å²) in [6.07, 6.45) is 0. The van der Waals surface area contributed by atoms with E-state index < -0.39 is 0 Å². The first-order valence-corrected chi connectivity index (χ1v) is 6.54. The average molecular weight is 264 g/mol. The van der Waals surface area contributed by atoms with Gasteiger partial charge in [0.15, 0.2) is 11.5 Å². The molecule has 0 saturated carbocycles. The van der Waals surface area contributed by atoms with Gasteiger partial charge in [0.2, 0.25) is 5.91 Å². The molecule has 2 N–H and O–H groups in total. The molecule has 1 heterocycles. The van der Waals surface area contributed by atoms with E-state index in [1.54, 1.807) is 0 Å². The van der Waals surface area contributed by atoms with E-state index in [1.807, 2.05) is 32.0 Å². The molecule has 1 aromatic rings. The third kappa shape index (κ3) is 3.86. The molecular weight excluding hydrogens is 244 g/mol. The number of carbonyl (C=O) groups excluding carboxylic acids is 1. The van der Waals surface area contributed by atoms with E-state index in [1.165, 1.54) is 0 Å². The summed E-state index contributed by atoms with van der Waals surface area (Å²) < 4.78 is 11.1. The standard InChI is InChI=1S/C14H20N2O3/c1-10(2)16-13(17)9-15-8-11-4-3-5-12-14(11)19-7-6-18-12/h3-5,10,15H,6-9H2,1-2H3,(H,16,17). The highest BCUT2D eigenvalue weighted by atomic mass is 16.6. The van der Waals surface area contributed by atoms with Crippen LogP contribution < -0.4 is 20.1 Å². The van der Waals surface area contributed by atoms with Crippen molar-refractivity contribution in [2.24, 2.45) is 0 Å². The number of benzene rings is 1. The Morgan fingerprint density at radius 3 is 2.89 bits per heavy atom. The second kappa shape index (κ2) is 6.43. The topological polar surface area (TPSA) is 59.6 Å². The zero-order valence-corrected chi connectivity index (χ0v) is 11.4. The third-order valence-electron chi connectivity index (χ3n) is 2.70. The number of para-hydroxylation sites is 1. The number of fused-ring (bicyclic) bond motifs is 1. The van der Waals surface area contributed by atoms with Crippen molar-refractivity contribution in [1.29, 1.82) is 0 Å². The lowest BCUT2D eigenvalue weighted by Crippen LogP contribution is -2.37. The third-order valence-corrected chi connectivity index (χ3v) is 2.70. The number of nitrogens with one attached hydrogen (secondary N) is 2. The summed E-state index contributed by atoms with van der Waals surface area (Å²) in [7, 11) is 0. The predicted octanol–water partition coefficient (Wildman–Crippen LogP) is 1.07. The molecular formula is C14H20N2O3. The Hall–Kier alpha value is -1.75. The van der Waals surface area contributed by atoms with Gasteiger partial charge in [-0.05, 0) is 19.9 Å². The van der Waals surface area contributed by atoms with Crippen molar-refractivity contribution in [1.82, 2.24) is 10.6 Å². The molecule has 104 valence electrons. The Balaban J connectivity index is 1.88. The van der Waals surface area contributed by atoms with Gasteiger partial charge in [-0.25, -0.2) is 0 Å². The number of rotatable bonds is 5. The van der Waals surface area contributed by atoms with Crippen LogP contribution in [0.25, 0.3) is 0 Å². The van der Waals surface area contributed by atoms with Crippen LogP contribution in [0.1, 0.15) is 19.4 Å². The first kappa shape index (κ1) is 13.7. The SMILES string of the molecule is CC(C)NC(=O)CNCc1cccc2c1OCCO2. The van der Waals surface area contributed by atoms with E-state index >= 15 is 0 Å². The van der Waals surface area contributed by atoms with Crippen LogP contribution in [0.2, 0.25) is 0 Å². The molecule has 5 nitrogen and oxygen atoms in total. The lowest BCUT2D eigenvalue weighted by Gasteiger charge is -2.21. The molecule has 0 fully saturated rings. The minimum absolute atomic E-state index is 0.00281. The number of hydrogen-bond acceptors (Lipinski definition) is 4. The lowest BCUT2D eigenvalue weighted by molar-refractivity contribution is -0.120. The Morgan fingerprint density at radius 1 is 1.32 bits per heavy atom. The minimum Gasteiger partial charge on any atom is -0.486 e. The quantitative estimate of drug-likeness (QED) is 0.835. The zero-order chi connectivity index (χ0) is 13.7. The van der Waals surface area contributed by atoms with Crippen LogP contribution in [0.5, 0.6) is 11.5 Å². The van der Waals surface area contributed by atoms with Crippen LogP contribution in [0, 0.1) is 0 Å². The maximum atomic E-state index is 11.5. The molecule has 0 spiro atoms. The normalized spacial score (nSPS) is 13.4. The van der Waals surface area contributed by atoms with Crippen molar-refractivity contribution in [2.45, 2.75) is 26.4 Å². The van der Waals surface area contributed by atoms with Crippen molar-refractivity contribution in [3.8, 4) is 11.5 Å². The Morgan fingerprint density at radius 2 is 2.11 bits per heavy atom. The summed E-state index contributed by atoms with van der Waals surface area (Å²) in [4.78, 5) is 11.5. The van der Waals surface area contributed by atoms with Crippen LogP contribution in [0.3, 0.4) is 0 Å². The van der Waals surface area contributed by atoms with E-state index in [4.69, 9.17) is 9.47 Å². The molecule has 0 bridgehead atoms. The Kier molecular flexibility index (Phi) is 4.63. The van der Waals surface area contributed by atoms with Gasteiger partial charge in [-0.15, -0.1) is 0 Å². The average Bonchev–Trinajstić information content (AvgIpc) is 2.38. The molecule has 0 saturated heterocycles. The number of ether oxygens (including phenoxy) is 2. The summed E-state index contributed by atoms with van der Waals surface area (Å²) in [5.74, 6) is 1.56. The minimum atomic E-state index is -0.00281. The van der Waals surface area contributed by atoms with E-state index in [2.05, 4.69) is 10.6 Å². The van der Waals surface area contributed by atoms with Gasteiger partial charge in [-0.1, -0.05) is 12.1 Å². The molecule has 1 aliphatic heterocycles. The summed E-state index contributed by atoms with van der Waals surface area (Å²) in [6.45, 7) is 5.91. The number of carbonyl (C=O) groups is 1. The first-order chi connectivity index (χ1) is 9.16. The summed E-state index contributed by atoms with van der Waals surface area (Å²) in [5.41, 5.74) is 1.01. The van der Waals surface area contributed by atoms with Gasteiger partial charge in [0.05, 0.1) is 6.54 Å². The highest BCUT2D eigenvalue weighted by Gasteiger charge is 2.15. The fourth-order valence-electron chi connectivity index (χ4n) is 1.96. The second-order valence-corrected chi connectivity index (χ2v) is 4.77. The van der Waals surface area contributed by atoms with E-state index in [0.29, 0.717) is 26.3 Å². The zero-order valence-electron chi connectivity index (χ0n) is 11.4. The highest BCUT2D eigenvalue weighted by Crippen LogP contribution is 2.33. The van der Waals surface area contributed by atoms with Gasteiger partial charge in [0.1, 0.15) is 13.2 Å². The van der Waals surface area contributed by atoms with Crippen LogP contribution in [-0.2, 0) is 11.3 Å². The molecule has 5 heteroatoms. The summed E-state index contributed by atoms with van der Waals surface area (Å²) in [6, 6.07) is 5.96. The molecule has 2 rings (SSSR count). The van der Waals surface area contributed by atoms with Gasteiger partial charge < -0.3 is 20.1 Å². The van der Waals surface area contributed by atoms with Gasteiger partial charge in [0, 0.05) is 18.2 Å². The summed E-state index contributed by atoms with van der Waals surface area (Å²) in [5, 5.41) is 5.94. The smallest absolute Gasteiger partial charge is 0.234 e. The van der Waals surface area contributed by atoms with Crippen molar-refractivity contribution in [3.05, 3.63) is 23.8 Å². The molecule has 0 radical (unpaired) electrons. The van der Waals surface area contributed by atoms with Crippen molar-refractivity contribution in [3.63, 3.8) is 0 Å². The van der Waals surface area contributed by atoms with Crippen molar-refractivity contribution >= 4 is 5.91 Å².